The molecule has 0 radical (unpaired) electrons. The molecule has 1 saturated heterocycles. The second kappa shape index (κ2) is 7.24. The molecule has 2 N–H and O–H groups in total. The predicted molar refractivity (Wildman–Crippen MR) is 85.3 cm³/mol. The number of nitrogens with one attached hydrogen (secondary N) is 2. The second-order valence-corrected chi connectivity index (χ2v) is 5.83. The molecule has 2 heterocycles. The molecular formula is C18H21N2O3+. The Morgan fingerprint density at radius 1 is 1.00 bits per heavy atom. The zero-order chi connectivity index (χ0) is 16.1. The van der Waals surface area contributed by atoms with E-state index in [2.05, 4.69) is 5.32 Å². The summed E-state index contributed by atoms with van der Waals surface area (Å²) in [6.45, 7) is 1.78. The number of Topliss-reactive ketones (excluding diaryl/α,β-unsaturated/α-hetero) is 1. The fourth-order valence-corrected chi connectivity index (χ4v) is 3.03. The van der Waals surface area contributed by atoms with Crippen molar-refractivity contribution in [3.05, 3.63) is 60.1 Å². The van der Waals surface area contributed by atoms with Crippen LogP contribution in [0, 0.1) is 0 Å². The predicted octanol–water partition coefficient (Wildman–Crippen LogP) is 1.29. The first-order valence-electron chi connectivity index (χ1n) is 8.04. The molecule has 0 spiro atoms. The van der Waals surface area contributed by atoms with Crippen molar-refractivity contribution in [1.82, 2.24) is 5.32 Å². The lowest BCUT2D eigenvalue weighted by Gasteiger charge is -2.30. The highest BCUT2D eigenvalue weighted by atomic mass is 16.3. The van der Waals surface area contributed by atoms with Crippen molar-refractivity contribution in [2.45, 2.75) is 25.4 Å². The van der Waals surface area contributed by atoms with E-state index in [9.17, 15) is 9.59 Å². The zero-order valence-corrected chi connectivity index (χ0v) is 13.0. The van der Waals surface area contributed by atoms with Crippen LogP contribution in [0.4, 0.5) is 0 Å². The van der Waals surface area contributed by atoms with Crippen LogP contribution in [0.1, 0.15) is 40.2 Å². The van der Waals surface area contributed by atoms with E-state index in [-0.39, 0.29) is 17.5 Å². The molecule has 1 unspecified atom stereocenters. The van der Waals surface area contributed by atoms with E-state index in [0.717, 1.165) is 30.8 Å². The minimum Gasteiger partial charge on any atom is -0.459 e. The number of rotatable bonds is 5. The molecule has 0 aliphatic carbocycles. The monoisotopic (exact) mass is 313 g/mol. The summed E-state index contributed by atoms with van der Waals surface area (Å²) in [6, 6.07) is 12.4. The van der Waals surface area contributed by atoms with Crippen molar-refractivity contribution in [3.8, 4) is 0 Å². The normalized spacial score (nSPS) is 16.7. The molecular weight excluding hydrogens is 292 g/mol. The van der Waals surface area contributed by atoms with Gasteiger partial charge in [-0.2, -0.15) is 0 Å². The summed E-state index contributed by atoms with van der Waals surface area (Å²) < 4.78 is 5.14. The lowest BCUT2D eigenvalue weighted by Crippen LogP contribution is -3.19. The number of likely N-dealkylation sites (tertiary alicyclic amines) is 1. The molecule has 1 fully saturated rings. The summed E-state index contributed by atoms with van der Waals surface area (Å²) in [5.41, 5.74) is 0.621. The van der Waals surface area contributed by atoms with Gasteiger partial charge in [-0.25, -0.2) is 0 Å². The van der Waals surface area contributed by atoms with Crippen molar-refractivity contribution >= 4 is 11.7 Å². The molecule has 1 aromatic heterocycles. The number of benzene rings is 1. The first-order valence-corrected chi connectivity index (χ1v) is 8.04. The number of carbonyl (C=O) groups is 2. The minimum absolute atomic E-state index is 0.0533. The van der Waals surface area contributed by atoms with Gasteiger partial charge in [0.05, 0.1) is 19.4 Å². The van der Waals surface area contributed by atoms with Crippen molar-refractivity contribution in [3.63, 3.8) is 0 Å². The van der Waals surface area contributed by atoms with Crippen molar-refractivity contribution in [2.24, 2.45) is 0 Å². The molecule has 0 bridgehead atoms. The van der Waals surface area contributed by atoms with E-state index in [1.807, 2.05) is 18.2 Å². The molecule has 0 saturated carbocycles. The van der Waals surface area contributed by atoms with Gasteiger partial charge in [-0.05, 0) is 31.4 Å². The molecule has 23 heavy (non-hydrogen) atoms. The number of hydrogen-bond acceptors (Lipinski definition) is 3. The van der Waals surface area contributed by atoms with Crippen LogP contribution in [0.5, 0.6) is 0 Å². The van der Waals surface area contributed by atoms with Gasteiger partial charge in [0.1, 0.15) is 0 Å². The third-order valence-corrected chi connectivity index (χ3v) is 4.24. The van der Waals surface area contributed by atoms with Crippen LogP contribution in [0.2, 0.25) is 0 Å². The molecule has 1 aromatic carbocycles. The van der Waals surface area contributed by atoms with Crippen LogP contribution in [-0.2, 0) is 0 Å². The second-order valence-electron chi connectivity index (χ2n) is 5.83. The van der Waals surface area contributed by atoms with E-state index in [1.54, 1.807) is 24.3 Å². The summed E-state index contributed by atoms with van der Waals surface area (Å²) in [5.74, 6) is -0.169. The van der Waals surface area contributed by atoms with Gasteiger partial charge in [0.15, 0.2) is 5.76 Å². The molecule has 1 amide bonds. The number of furan rings is 1. The van der Waals surface area contributed by atoms with Gasteiger partial charge in [-0.3, -0.25) is 14.9 Å². The standard InChI is InChI=1S/C18H20N2O3/c21-16(14-8-3-1-4-9-14)17(20-11-5-2-6-12-20)19-18(22)15-10-7-13-23-15/h1,3-4,7-10,13,17H,2,5-6,11-12H2,(H,19,22)/p+1. The van der Waals surface area contributed by atoms with E-state index in [0.29, 0.717) is 5.56 Å². The van der Waals surface area contributed by atoms with Crippen LogP contribution in [-0.4, -0.2) is 30.9 Å². The zero-order valence-electron chi connectivity index (χ0n) is 13.0. The molecule has 1 atom stereocenters. The van der Waals surface area contributed by atoms with Crippen LogP contribution >= 0.6 is 0 Å². The Hall–Kier alpha value is -2.40. The summed E-state index contributed by atoms with van der Waals surface area (Å²) in [6.07, 6.45) is 4.21. The van der Waals surface area contributed by atoms with Crippen LogP contribution < -0.4 is 10.2 Å². The van der Waals surface area contributed by atoms with Gasteiger partial charge in [0.2, 0.25) is 11.9 Å². The molecule has 5 heteroatoms. The highest BCUT2D eigenvalue weighted by molar-refractivity contribution is 6.02. The molecule has 1 aliphatic heterocycles. The fraction of sp³-hybridized carbons (Fsp3) is 0.333. The summed E-state index contributed by atoms with van der Waals surface area (Å²) in [4.78, 5) is 26.3. The highest BCUT2D eigenvalue weighted by Gasteiger charge is 2.33. The maximum Gasteiger partial charge on any atom is 0.291 e. The van der Waals surface area contributed by atoms with Gasteiger partial charge in [0, 0.05) is 5.56 Å². The first kappa shape index (κ1) is 15.5. The Morgan fingerprint density at radius 3 is 2.39 bits per heavy atom. The fourth-order valence-electron chi connectivity index (χ4n) is 3.03. The van der Waals surface area contributed by atoms with E-state index >= 15 is 0 Å². The Labute approximate surface area is 135 Å². The topological polar surface area (TPSA) is 63.8 Å². The van der Waals surface area contributed by atoms with Crippen molar-refractivity contribution in [2.75, 3.05) is 13.1 Å². The summed E-state index contributed by atoms with van der Waals surface area (Å²) in [7, 11) is 0. The van der Waals surface area contributed by atoms with E-state index in [1.165, 1.54) is 12.7 Å². The van der Waals surface area contributed by atoms with Crippen molar-refractivity contribution < 1.29 is 18.9 Å². The third kappa shape index (κ3) is 3.68. The van der Waals surface area contributed by atoms with Gasteiger partial charge in [-0.1, -0.05) is 30.3 Å². The number of hydrogen-bond donors (Lipinski definition) is 2. The lowest BCUT2D eigenvalue weighted by molar-refractivity contribution is -0.922. The SMILES string of the molecule is O=C(NC(C(=O)c1ccccc1)[NH+]1CCCCC1)c1ccco1. The van der Waals surface area contributed by atoms with Crippen LogP contribution in [0.25, 0.3) is 0 Å². The van der Waals surface area contributed by atoms with Gasteiger partial charge in [0.25, 0.3) is 5.91 Å². The Balaban J connectivity index is 1.81. The number of piperidine rings is 1. The number of quaternary nitrogens is 1. The maximum atomic E-state index is 12.9. The maximum absolute atomic E-state index is 12.9. The molecule has 120 valence electrons. The quantitative estimate of drug-likeness (QED) is 0.818. The molecule has 3 rings (SSSR count). The number of amides is 1. The smallest absolute Gasteiger partial charge is 0.291 e. The summed E-state index contributed by atoms with van der Waals surface area (Å²) in [5, 5.41) is 2.87. The minimum atomic E-state index is -0.574. The Morgan fingerprint density at radius 2 is 1.74 bits per heavy atom. The molecule has 1 aliphatic rings. The third-order valence-electron chi connectivity index (χ3n) is 4.24. The molecule has 5 nitrogen and oxygen atoms in total. The Bertz CT molecular complexity index is 646. The van der Waals surface area contributed by atoms with E-state index in [4.69, 9.17) is 4.42 Å². The van der Waals surface area contributed by atoms with Gasteiger partial charge >= 0.3 is 0 Å². The Kier molecular flexibility index (Phi) is 4.88. The first-order chi connectivity index (χ1) is 11.3. The largest absolute Gasteiger partial charge is 0.459 e. The molecule has 2 aromatic rings. The average Bonchev–Trinajstić information content (AvgIpc) is 3.15. The summed E-state index contributed by atoms with van der Waals surface area (Å²) >= 11 is 0. The average molecular weight is 313 g/mol. The lowest BCUT2D eigenvalue weighted by atomic mass is 10.0. The van der Waals surface area contributed by atoms with Gasteiger partial charge < -0.3 is 9.32 Å². The van der Waals surface area contributed by atoms with E-state index < -0.39 is 6.17 Å². The number of carbonyl (C=O) groups excluding carboxylic acids is 2. The highest BCUT2D eigenvalue weighted by Crippen LogP contribution is 2.05. The van der Waals surface area contributed by atoms with Crippen molar-refractivity contribution in [1.29, 1.82) is 0 Å². The number of ketones is 1. The van der Waals surface area contributed by atoms with Gasteiger partial charge in [-0.15, -0.1) is 0 Å². The van der Waals surface area contributed by atoms with Crippen LogP contribution in [0.15, 0.2) is 53.1 Å². The van der Waals surface area contributed by atoms with Crippen LogP contribution in [0.3, 0.4) is 0 Å².